The van der Waals surface area contributed by atoms with Crippen LogP contribution in [0.15, 0.2) is 35.4 Å². The highest BCUT2D eigenvalue weighted by atomic mass is 32.2. The summed E-state index contributed by atoms with van der Waals surface area (Å²) in [5.41, 5.74) is 0.763. The summed E-state index contributed by atoms with van der Waals surface area (Å²) in [5, 5.41) is 9.67. The van der Waals surface area contributed by atoms with Crippen LogP contribution < -0.4 is 4.72 Å². The van der Waals surface area contributed by atoms with Crippen molar-refractivity contribution in [3.05, 3.63) is 30.5 Å². The molecule has 1 heterocycles. The van der Waals surface area contributed by atoms with Gasteiger partial charge in [0.15, 0.2) is 0 Å². The monoisotopic (exact) mass is 336 g/mol. The number of aromatic amines is 1. The number of nitrogens with one attached hydrogen (secondary N) is 2. The first-order chi connectivity index (χ1) is 11.0. The topological polar surface area (TPSA) is 99.3 Å². The van der Waals surface area contributed by atoms with Gasteiger partial charge < -0.3 is 10.1 Å². The Balaban J connectivity index is 1.86. The molecule has 7 heteroatoms. The summed E-state index contributed by atoms with van der Waals surface area (Å²) in [6.07, 6.45) is 4.77. The van der Waals surface area contributed by atoms with Gasteiger partial charge in [-0.3, -0.25) is 4.79 Å². The maximum Gasteiger partial charge on any atom is 0.303 e. The standard InChI is InChI=1S/C16H20N2O4S/c19-16(20)9-11-5-1-3-7-13(11)18-23(21,22)15-10-17-14-8-4-2-6-12(14)15/h2,4,6,8,10-11,13,17-18H,1,3,5,7,9H2,(H,19,20)/t11-,13-/m0/s1. The Hall–Kier alpha value is -1.86. The zero-order chi connectivity index (χ0) is 16.4. The van der Waals surface area contributed by atoms with Crippen molar-refractivity contribution in [2.75, 3.05) is 0 Å². The van der Waals surface area contributed by atoms with Crippen molar-refractivity contribution in [1.82, 2.24) is 9.71 Å². The molecule has 1 fully saturated rings. The van der Waals surface area contributed by atoms with E-state index in [0.29, 0.717) is 11.8 Å². The first-order valence-electron chi connectivity index (χ1n) is 7.77. The molecule has 0 saturated heterocycles. The molecule has 1 aliphatic carbocycles. The van der Waals surface area contributed by atoms with E-state index < -0.39 is 16.0 Å². The molecule has 0 aliphatic heterocycles. The minimum absolute atomic E-state index is 0.00106. The van der Waals surface area contributed by atoms with Gasteiger partial charge in [-0.2, -0.15) is 0 Å². The van der Waals surface area contributed by atoms with E-state index in [1.54, 1.807) is 12.1 Å². The summed E-state index contributed by atoms with van der Waals surface area (Å²) < 4.78 is 28.2. The van der Waals surface area contributed by atoms with Gasteiger partial charge in [0.25, 0.3) is 0 Å². The van der Waals surface area contributed by atoms with Crippen LogP contribution in [0.2, 0.25) is 0 Å². The number of carbonyl (C=O) groups is 1. The van der Waals surface area contributed by atoms with Gasteiger partial charge in [0.2, 0.25) is 10.0 Å². The molecule has 6 nitrogen and oxygen atoms in total. The number of aromatic nitrogens is 1. The molecule has 0 bridgehead atoms. The molecule has 1 saturated carbocycles. The van der Waals surface area contributed by atoms with E-state index in [1.165, 1.54) is 6.20 Å². The van der Waals surface area contributed by atoms with Gasteiger partial charge in [-0.15, -0.1) is 0 Å². The van der Waals surface area contributed by atoms with Crippen molar-refractivity contribution < 1.29 is 18.3 Å². The van der Waals surface area contributed by atoms with Gasteiger partial charge in [0.1, 0.15) is 4.90 Å². The third-order valence-corrected chi connectivity index (χ3v) is 6.02. The second kappa shape index (κ2) is 6.33. The van der Waals surface area contributed by atoms with Gasteiger partial charge >= 0.3 is 5.97 Å². The van der Waals surface area contributed by atoms with E-state index in [2.05, 4.69) is 9.71 Å². The Morgan fingerprint density at radius 3 is 2.78 bits per heavy atom. The molecule has 3 N–H and O–H groups in total. The van der Waals surface area contributed by atoms with Crippen LogP contribution in [-0.4, -0.2) is 30.5 Å². The fourth-order valence-electron chi connectivity index (χ4n) is 3.36. The van der Waals surface area contributed by atoms with Gasteiger partial charge in [0.05, 0.1) is 0 Å². The van der Waals surface area contributed by atoms with E-state index >= 15 is 0 Å². The summed E-state index contributed by atoms with van der Waals surface area (Å²) in [6.45, 7) is 0. The Morgan fingerprint density at radius 1 is 1.26 bits per heavy atom. The van der Waals surface area contributed by atoms with Crippen LogP contribution in [-0.2, 0) is 14.8 Å². The molecule has 0 unspecified atom stereocenters. The molecule has 1 aromatic heterocycles. The number of rotatable bonds is 5. The number of hydrogen-bond donors (Lipinski definition) is 3. The van der Waals surface area contributed by atoms with Gasteiger partial charge in [-0.05, 0) is 24.8 Å². The number of para-hydroxylation sites is 1. The molecule has 2 atom stereocenters. The lowest BCUT2D eigenvalue weighted by molar-refractivity contribution is -0.138. The molecule has 3 rings (SSSR count). The van der Waals surface area contributed by atoms with Crippen LogP contribution >= 0.6 is 0 Å². The maximum atomic E-state index is 12.7. The van der Waals surface area contributed by atoms with E-state index in [1.807, 2.05) is 12.1 Å². The highest BCUT2D eigenvalue weighted by molar-refractivity contribution is 7.89. The summed E-state index contributed by atoms with van der Waals surface area (Å²) >= 11 is 0. The maximum absolute atomic E-state index is 12.7. The van der Waals surface area contributed by atoms with Crippen LogP contribution in [0.4, 0.5) is 0 Å². The van der Waals surface area contributed by atoms with Crippen molar-refractivity contribution in [3.63, 3.8) is 0 Å². The largest absolute Gasteiger partial charge is 0.481 e. The fraction of sp³-hybridized carbons (Fsp3) is 0.438. The summed E-state index contributed by atoms with van der Waals surface area (Å²) in [6, 6.07) is 6.90. The zero-order valence-electron chi connectivity index (χ0n) is 12.7. The minimum Gasteiger partial charge on any atom is -0.481 e. The first-order valence-corrected chi connectivity index (χ1v) is 9.26. The van der Waals surface area contributed by atoms with E-state index in [0.717, 1.165) is 24.8 Å². The van der Waals surface area contributed by atoms with E-state index in [-0.39, 0.29) is 23.3 Å². The number of H-pyrrole nitrogens is 1. The van der Waals surface area contributed by atoms with Crippen molar-refractivity contribution in [3.8, 4) is 0 Å². The molecular formula is C16H20N2O4S. The minimum atomic E-state index is -3.69. The lowest BCUT2D eigenvalue weighted by atomic mass is 9.83. The predicted molar refractivity (Wildman–Crippen MR) is 86.6 cm³/mol. The van der Waals surface area contributed by atoms with Crippen molar-refractivity contribution in [1.29, 1.82) is 0 Å². The summed E-state index contributed by atoms with van der Waals surface area (Å²) in [4.78, 5) is 14.2. The molecule has 23 heavy (non-hydrogen) atoms. The normalized spacial score (nSPS) is 22.3. The lowest BCUT2D eigenvalue weighted by Crippen LogP contribution is -2.42. The van der Waals surface area contributed by atoms with Crippen LogP contribution in [0.25, 0.3) is 10.9 Å². The quantitative estimate of drug-likeness (QED) is 0.781. The number of aliphatic carboxylic acids is 1. The molecule has 1 aliphatic rings. The van der Waals surface area contributed by atoms with Gasteiger partial charge in [0, 0.05) is 29.6 Å². The predicted octanol–water partition coefficient (Wildman–Crippen LogP) is 2.48. The Bertz CT molecular complexity index is 812. The third-order valence-electron chi connectivity index (χ3n) is 4.49. The van der Waals surface area contributed by atoms with Crippen molar-refractivity contribution >= 4 is 26.9 Å². The molecule has 1 aromatic carbocycles. The highest BCUT2D eigenvalue weighted by Crippen LogP contribution is 2.29. The lowest BCUT2D eigenvalue weighted by Gasteiger charge is -2.30. The van der Waals surface area contributed by atoms with Crippen LogP contribution in [0.1, 0.15) is 32.1 Å². The molecule has 2 aromatic rings. The van der Waals surface area contributed by atoms with Gasteiger partial charge in [-0.1, -0.05) is 31.0 Å². The molecule has 124 valence electrons. The number of fused-ring (bicyclic) bond motifs is 1. The van der Waals surface area contributed by atoms with E-state index in [4.69, 9.17) is 5.11 Å². The Morgan fingerprint density at radius 2 is 2.00 bits per heavy atom. The second-order valence-corrected chi connectivity index (χ2v) is 7.75. The Labute approximate surface area is 135 Å². The summed E-state index contributed by atoms with van der Waals surface area (Å²) in [7, 11) is -3.69. The highest BCUT2D eigenvalue weighted by Gasteiger charge is 2.31. The first kappa shape index (κ1) is 16.0. The van der Waals surface area contributed by atoms with Gasteiger partial charge in [-0.25, -0.2) is 13.1 Å². The second-order valence-electron chi connectivity index (χ2n) is 6.07. The van der Waals surface area contributed by atoms with E-state index in [9.17, 15) is 13.2 Å². The molecular weight excluding hydrogens is 316 g/mol. The summed E-state index contributed by atoms with van der Waals surface area (Å²) in [5.74, 6) is -1.03. The number of hydrogen-bond acceptors (Lipinski definition) is 3. The smallest absolute Gasteiger partial charge is 0.303 e. The molecule has 0 spiro atoms. The average Bonchev–Trinajstić information content (AvgIpc) is 2.93. The number of carboxylic acid groups (broad SMARTS) is 1. The van der Waals surface area contributed by atoms with Crippen LogP contribution in [0, 0.1) is 5.92 Å². The van der Waals surface area contributed by atoms with Crippen molar-refractivity contribution in [2.24, 2.45) is 5.92 Å². The zero-order valence-corrected chi connectivity index (χ0v) is 13.5. The third kappa shape index (κ3) is 3.40. The number of benzene rings is 1. The number of carboxylic acids is 1. The SMILES string of the molecule is O=C(O)C[C@@H]1CCCC[C@@H]1NS(=O)(=O)c1c[nH]c2ccccc12. The Kier molecular flexibility index (Phi) is 4.41. The fourth-order valence-corrected chi connectivity index (χ4v) is 4.88. The molecule has 0 amide bonds. The van der Waals surface area contributed by atoms with Crippen LogP contribution in [0.5, 0.6) is 0 Å². The van der Waals surface area contributed by atoms with Crippen molar-refractivity contribution in [2.45, 2.75) is 43.0 Å². The van der Waals surface area contributed by atoms with Crippen LogP contribution in [0.3, 0.4) is 0 Å². The molecule has 0 radical (unpaired) electrons. The average molecular weight is 336 g/mol. The number of sulfonamides is 1.